The Balaban J connectivity index is 2.51. The van der Waals surface area contributed by atoms with Gasteiger partial charge >= 0.3 is 0 Å². The molecular formula is C13H12BrFO2. The van der Waals surface area contributed by atoms with Gasteiger partial charge in [0.25, 0.3) is 0 Å². The van der Waals surface area contributed by atoms with Gasteiger partial charge in [0.1, 0.15) is 11.9 Å². The van der Waals surface area contributed by atoms with Gasteiger partial charge in [-0.1, -0.05) is 6.07 Å². The van der Waals surface area contributed by atoms with Gasteiger partial charge in [0.05, 0.1) is 6.26 Å². The third-order valence-electron chi connectivity index (χ3n) is 2.69. The summed E-state index contributed by atoms with van der Waals surface area (Å²) in [7, 11) is 0. The van der Waals surface area contributed by atoms with Crippen LogP contribution in [0.1, 0.15) is 28.4 Å². The molecule has 0 bridgehead atoms. The standard InChI is InChI=1S/C13H12BrFO2/c1-7-5-8(2)11(10(15)6-7)12(16)9-3-4-17-13(9)14/h3-6,12,16H,1-2H3. The van der Waals surface area contributed by atoms with Crippen molar-refractivity contribution in [3.05, 3.63) is 57.2 Å². The van der Waals surface area contributed by atoms with E-state index in [2.05, 4.69) is 15.9 Å². The molecule has 2 nitrogen and oxygen atoms in total. The van der Waals surface area contributed by atoms with Crippen molar-refractivity contribution < 1.29 is 13.9 Å². The molecule has 1 N–H and O–H groups in total. The number of benzene rings is 1. The van der Waals surface area contributed by atoms with Gasteiger partial charge in [0.15, 0.2) is 4.67 Å². The predicted octanol–water partition coefficient (Wildman–Crippen LogP) is 3.88. The van der Waals surface area contributed by atoms with Crippen LogP contribution >= 0.6 is 15.9 Å². The van der Waals surface area contributed by atoms with Crippen LogP contribution in [0.4, 0.5) is 4.39 Å². The predicted molar refractivity (Wildman–Crippen MR) is 66.3 cm³/mol. The minimum absolute atomic E-state index is 0.290. The molecule has 2 rings (SSSR count). The molecule has 1 atom stereocenters. The molecule has 0 aliphatic heterocycles. The summed E-state index contributed by atoms with van der Waals surface area (Å²) >= 11 is 3.18. The molecule has 90 valence electrons. The minimum atomic E-state index is -1.02. The van der Waals surface area contributed by atoms with E-state index in [1.807, 2.05) is 13.0 Å². The summed E-state index contributed by atoms with van der Waals surface area (Å²) in [6.45, 7) is 3.60. The van der Waals surface area contributed by atoms with E-state index in [0.29, 0.717) is 10.2 Å². The highest BCUT2D eigenvalue weighted by atomic mass is 79.9. The fourth-order valence-electron chi connectivity index (χ4n) is 1.93. The third-order valence-corrected chi connectivity index (χ3v) is 3.34. The Labute approximate surface area is 107 Å². The van der Waals surface area contributed by atoms with Crippen molar-refractivity contribution >= 4 is 15.9 Å². The molecule has 0 radical (unpaired) electrons. The average molecular weight is 299 g/mol. The maximum absolute atomic E-state index is 13.9. The van der Waals surface area contributed by atoms with Crippen LogP contribution in [-0.4, -0.2) is 5.11 Å². The first-order valence-corrected chi connectivity index (χ1v) is 5.97. The summed E-state index contributed by atoms with van der Waals surface area (Å²) in [6.07, 6.45) is 0.424. The van der Waals surface area contributed by atoms with Gasteiger partial charge in [-0.05, 0) is 53.0 Å². The molecule has 0 fully saturated rings. The Bertz CT molecular complexity index is 525. The quantitative estimate of drug-likeness (QED) is 0.913. The van der Waals surface area contributed by atoms with Gasteiger partial charge in [0.2, 0.25) is 0 Å². The van der Waals surface area contributed by atoms with Crippen molar-refractivity contribution in [2.75, 3.05) is 0 Å². The molecule has 4 heteroatoms. The Morgan fingerprint density at radius 2 is 2.06 bits per heavy atom. The first-order chi connectivity index (χ1) is 8.00. The Hall–Kier alpha value is -1.13. The SMILES string of the molecule is Cc1cc(C)c(C(O)c2ccoc2Br)c(F)c1. The Morgan fingerprint density at radius 1 is 1.35 bits per heavy atom. The van der Waals surface area contributed by atoms with Crippen molar-refractivity contribution in [1.29, 1.82) is 0 Å². The molecule has 0 saturated heterocycles. The number of hydrogen-bond donors (Lipinski definition) is 1. The third kappa shape index (κ3) is 2.28. The second kappa shape index (κ2) is 4.63. The van der Waals surface area contributed by atoms with E-state index >= 15 is 0 Å². The van der Waals surface area contributed by atoms with E-state index in [4.69, 9.17) is 4.42 Å². The number of rotatable bonds is 2. The summed E-state index contributed by atoms with van der Waals surface area (Å²) in [6, 6.07) is 4.88. The Morgan fingerprint density at radius 3 is 2.59 bits per heavy atom. The second-order valence-electron chi connectivity index (χ2n) is 4.03. The average Bonchev–Trinajstić information content (AvgIpc) is 2.62. The molecule has 1 heterocycles. The maximum Gasteiger partial charge on any atom is 0.175 e. The lowest BCUT2D eigenvalue weighted by atomic mass is 9.97. The van der Waals surface area contributed by atoms with Crippen LogP contribution < -0.4 is 0 Å². The zero-order chi connectivity index (χ0) is 12.6. The number of halogens is 2. The summed E-state index contributed by atoms with van der Waals surface area (Å²) in [5.41, 5.74) is 2.37. The summed E-state index contributed by atoms with van der Waals surface area (Å²) in [5, 5.41) is 10.2. The topological polar surface area (TPSA) is 33.4 Å². The summed E-state index contributed by atoms with van der Waals surface area (Å²) in [5.74, 6) is -0.400. The van der Waals surface area contributed by atoms with E-state index < -0.39 is 11.9 Å². The van der Waals surface area contributed by atoms with E-state index in [-0.39, 0.29) is 5.56 Å². The zero-order valence-corrected chi connectivity index (χ0v) is 11.1. The molecule has 0 saturated carbocycles. The lowest BCUT2D eigenvalue weighted by Gasteiger charge is -2.14. The summed E-state index contributed by atoms with van der Waals surface area (Å²) in [4.78, 5) is 0. The molecule has 0 amide bonds. The molecule has 0 spiro atoms. The molecule has 1 unspecified atom stereocenters. The van der Waals surface area contributed by atoms with Crippen LogP contribution in [0.5, 0.6) is 0 Å². The van der Waals surface area contributed by atoms with E-state index in [0.717, 1.165) is 11.1 Å². The molecule has 1 aromatic heterocycles. The molecule has 17 heavy (non-hydrogen) atoms. The first-order valence-electron chi connectivity index (χ1n) is 5.18. The van der Waals surface area contributed by atoms with Gasteiger partial charge in [-0.3, -0.25) is 0 Å². The highest BCUT2D eigenvalue weighted by molar-refractivity contribution is 9.10. The molecule has 0 aliphatic rings. The van der Waals surface area contributed by atoms with Crippen molar-refractivity contribution in [1.82, 2.24) is 0 Å². The normalized spacial score (nSPS) is 12.8. The smallest absolute Gasteiger partial charge is 0.175 e. The highest BCUT2D eigenvalue weighted by Crippen LogP contribution is 2.32. The van der Waals surface area contributed by atoms with E-state index in [9.17, 15) is 9.50 Å². The monoisotopic (exact) mass is 298 g/mol. The highest BCUT2D eigenvalue weighted by Gasteiger charge is 2.21. The lowest BCUT2D eigenvalue weighted by molar-refractivity contribution is 0.212. The van der Waals surface area contributed by atoms with Crippen LogP contribution in [0.3, 0.4) is 0 Å². The van der Waals surface area contributed by atoms with Gasteiger partial charge in [-0.2, -0.15) is 0 Å². The summed E-state index contributed by atoms with van der Waals surface area (Å²) < 4.78 is 19.3. The van der Waals surface area contributed by atoms with Gasteiger partial charge in [0, 0.05) is 11.1 Å². The van der Waals surface area contributed by atoms with E-state index in [1.54, 1.807) is 13.0 Å². The Kier molecular flexibility index (Phi) is 3.35. The largest absolute Gasteiger partial charge is 0.457 e. The molecule has 2 aromatic rings. The van der Waals surface area contributed by atoms with Gasteiger partial charge in [-0.25, -0.2) is 4.39 Å². The van der Waals surface area contributed by atoms with Crippen LogP contribution in [0.25, 0.3) is 0 Å². The van der Waals surface area contributed by atoms with Crippen LogP contribution in [0.2, 0.25) is 0 Å². The number of hydrogen-bond acceptors (Lipinski definition) is 2. The molecule has 0 aliphatic carbocycles. The second-order valence-corrected chi connectivity index (χ2v) is 4.75. The molecule has 1 aromatic carbocycles. The van der Waals surface area contributed by atoms with Gasteiger partial charge in [-0.15, -0.1) is 0 Å². The van der Waals surface area contributed by atoms with Crippen molar-refractivity contribution in [3.63, 3.8) is 0 Å². The number of aliphatic hydroxyl groups excluding tert-OH is 1. The number of aryl methyl sites for hydroxylation is 2. The van der Waals surface area contributed by atoms with E-state index in [1.165, 1.54) is 12.3 Å². The van der Waals surface area contributed by atoms with Crippen molar-refractivity contribution in [3.8, 4) is 0 Å². The fourth-order valence-corrected chi connectivity index (χ4v) is 2.38. The minimum Gasteiger partial charge on any atom is -0.457 e. The van der Waals surface area contributed by atoms with Crippen LogP contribution in [0.15, 0.2) is 33.5 Å². The number of aliphatic hydroxyl groups is 1. The van der Waals surface area contributed by atoms with Crippen molar-refractivity contribution in [2.45, 2.75) is 20.0 Å². The van der Waals surface area contributed by atoms with Crippen LogP contribution in [-0.2, 0) is 0 Å². The zero-order valence-electron chi connectivity index (χ0n) is 9.50. The van der Waals surface area contributed by atoms with Gasteiger partial charge < -0.3 is 9.52 Å². The van der Waals surface area contributed by atoms with Crippen molar-refractivity contribution in [2.24, 2.45) is 0 Å². The fraction of sp³-hybridized carbons (Fsp3) is 0.231. The van der Waals surface area contributed by atoms with Crippen LogP contribution in [0, 0.1) is 19.7 Å². The first kappa shape index (κ1) is 12.3. The molecular weight excluding hydrogens is 287 g/mol. The maximum atomic E-state index is 13.9. The lowest BCUT2D eigenvalue weighted by Crippen LogP contribution is -2.05. The number of furan rings is 1.